The van der Waals surface area contributed by atoms with Gasteiger partial charge in [0, 0.05) is 22.8 Å². The number of hydrogen-bond acceptors (Lipinski definition) is 10. The summed E-state index contributed by atoms with van der Waals surface area (Å²) in [6.45, 7) is -0.556. The fourth-order valence-electron chi connectivity index (χ4n) is 3.26. The van der Waals surface area contributed by atoms with Gasteiger partial charge in [0.25, 0.3) is 15.8 Å². The third kappa shape index (κ3) is 10.4. The quantitative estimate of drug-likeness (QED) is 0.103. The lowest BCUT2D eigenvalue weighted by Gasteiger charge is -2.26. The summed E-state index contributed by atoms with van der Waals surface area (Å²) in [5.74, 6) is -0.701. The normalized spacial score (nSPS) is 12.6. The number of nitro groups is 1. The number of thioether (sulfide) groups is 1. The van der Waals surface area contributed by atoms with E-state index in [0.717, 1.165) is 28.8 Å². The minimum absolute atomic E-state index is 0.0159. The van der Waals surface area contributed by atoms with Crippen molar-refractivity contribution in [3.8, 4) is 0 Å². The van der Waals surface area contributed by atoms with Crippen LogP contribution >= 0.6 is 11.8 Å². The summed E-state index contributed by atoms with van der Waals surface area (Å²) >= 11 is 1.32. The molecular weight excluding hydrogens is 548 g/mol. The van der Waals surface area contributed by atoms with Crippen molar-refractivity contribution in [1.29, 1.82) is 0 Å². The molecule has 11 nitrogen and oxygen atoms in total. The molecule has 0 saturated carbocycles. The molecule has 3 rings (SSSR count). The van der Waals surface area contributed by atoms with Crippen LogP contribution < -0.4 is 5.32 Å². The molecule has 0 aliphatic heterocycles. The van der Waals surface area contributed by atoms with E-state index >= 15 is 0 Å². The Morgan fingerprint density at radius 2 is 1.56 bits per heavy atom. The van der Waals surface area contributed by atoms with Crippen molar-refractivity contribution in [3.05, 3.63) is 106 Å². The Kier molecular flexibility index (Phi) is 10.8. The molecule has 13 heteroatoms. The number of carbonyl (C=O) groups excluding carboxylic acids is 2. The number of benzene rings is 3. The van der Waals surface area contributed by atoms with Gasteiger partial charge in [-0.15, -0.1) is 11.8 Å². The molecule has 0 spiro atoms. The van der Waals surface area contributed by atoms with Crippen LogP contribution in [0.25, 0.3) is 0 Å². The summed E-state index contributed by atoms with van der Waals surface area (Å²) in [5, 5.41) is 13.5. The highest BCUT2D eigenvalue weighted by molar-refractivity contribution is 7.99. The van der Waals surface area contributed by atoms with Crippen molar-refractivity contribution < 1.29 is 36.6 Å². The number of nitrogens with zero attached hydrogens (tertiary/aromatic N) is 1. The summed E-state index contributed by atoms with van der Waals surface area (Å²) in [4.78, 5) is 36.3. The molecule has 3 aromatic rings. The Morgan fingerprint density at radius 3 is 2.15 bits per heavy atom. The summed E-state index contributed by atoms with van der Waals surface area (Å²) in [6, 6.07) is 21.9. The lowest BCUT2D eigenvalue weighted by atomic mass is 10.2. The molecule has 39 heavy (non-hydrogen) atoms. The molecule has 3 aromatic carbocycles. The molecule has 1 amide bonds. The number of ether oxygens (including phenoxy) is 2. The fourth-order valence-corrected chi connectivity index (χ4v) is 4.91. The van der Waals surface area contributed by atoms with E-state index in [1.54, 1.807) is 24.3 Å². The van der Waals surface area contributed by atoms with Gasteiger partial charge in [-0.05, 0) is 29.8 Å². The topological polar surface area (TPSA) is 151 Å². The van der Waals surface area contributed by atoms with Gasteiger partial charge < -0.3 is 14.8 Å². The van der Waals surface area contributed by atoms with Crippen LogP contribution in [0.1, 0.15) is 15.9 Å². The molecule has 2 atom stereocenters. The molecule has 206 valence electrons. The van der Waals surface area contributed by atoms with Crippen LogP contribution in [0.15, 0.2) is 89.8 Å². The lowest BCUT2D eigenvalue weighted by molar-refractivity contribution is -0.384. The molecule has 0 radical (unpaired) electrons. The van der Waals surface area contributed by atoms with Crippen molar-refractivity contribution in [3.63, 3.8) is 0 Å². The molecule has 0 aliphatic carbocycles. The Hall–Kier alpha value is -3.94. The van der Waals surface area contributed by atoms with E-state index in [4.69, 9.17) is 13.7 Å². The van der Waals surface area contributed by atoms with Crippen LogP contribution in [0, 0.1) is 10.1 Å². The first-order valence-electron chi connectivity index (χ1n) is 11.6. The van der Waals surface area contributed by atoms with Crippen LogP contribution in [0.4, 0.5) is 10.5 Å². The Morgan fingerprint density at radius 1 is 0.949 bits per heavy atom. The average Bonchev–Trinajstić information content (AvgIpc) is 2.92. The smallest absolute Gasteiger partial charge is 0.407 e. The second kappa shape index (κ2) is 14.3. The van der Waals surface area contributed by atoms with E-state index in [-0.39, 0.29) is 23.6 Å². The Balaban J connectivity index is 1.74. The molecule has 0 fully saturated rings. The van der Waals surface area contributed by atoms with Crippen molar-refractivity contribution in [2.24, 2.45) is 0 Å². The predicted molar refractivity (Wildman–Crippen MR) is 144 cm³/mol. The number of hydrogen-bond donors (Lipinski definition) is 1. The average molecular weight is 575 g/mol. The molecule has 2 unspecified atom stereocenters. The molecule has 0 heterocycles. The van der Waals surface area contributed by atoms with Crippen LogP contribution in [0.5, 0.6) is 0 Å². The summed E-state index contributed by atoms with van der Waals surface area (Å²) in [6.07, 6.45) is -1.28. The van der Waals surface area contributed by atoms with E-state index in [1.165, 1.54) is 23.9 Å². The largest absolute Gasteiger partial charge is 0.459 e. The van der Waals surface area contributed by atoms with Gasteiger partial charge in [-0.3, -0.25) is 14.3 Å². The second-order valence-corrected chi connectivity index (χ2v) is 10.9. The summed E-state index contributed by atoms with van der Waals surface area (Å²) < 4.78 is 39.9. The Labute approximate surface area is 229 Å². The number of alkyl carbamates (subject to hydrolysis) is 1. The first kappa shape index (κ1) is 29.6. The maximum Gasteiger partial charge on any atom is 0.407 e. The molecule has 0 saturated heterocycles. The van der Waals surface area contributed by atoms with Crippen molar-refractivity contribution in [2.45, 2.75) is 23.6 Å². The Bertz CT molecular complexity index is 1350. The maximum atomic E-state index is 12.6. The van der Waals surface area contributed by atoms with Gasteiger partial charge in [-0.25, -0.2) is 9.59 Å². The minimum atomic E-state index is -4.04. The number of nitro benzene ring substituents is 1. The van der Waals surface area contributed by atoms with Crippen molar-refractivity contribution in [1.82, 2.24) is 5.32 Å². The van der Waals surface area contributed by atoms with E-state index in [9.17, 15) is 28.1 Å². The number of esters is 1. The first-order valence-corrected chi connectivity index (χ1v) is 14.4. The number of rotatable bonds is 13. The monoisotopic (exact) mass is 574 g/mol. The van der Waals surface area contributed by atoms with E-state index in [1.807, 2.05) is 36.4 Å². The van der Waals surface area contributed by atoms with E-state index in [2.05, 4.69) is 5.32 Å². The molecular formula is C26H26N2O9S2. The zero-order chi connectivity index (χ0) is 28.3. The van der Waals surface area contributed by atoms with Gasteiger partial charge >= 0.3 is 12.1 Å². The highest BCUT2D eigenvalue weighted by atomic mass is 32.2. The van der Waals surface area contributed by atoms with Gasteiger partial charge in [-0.2, -0.15) is 8.42 Å². The number of nitrogens with one attached hydrogen (secondary N) is 1. The van der Waals surface area contributed by atoms with Crippen LogP contribution in [-0.4, -0.2) is 56.2 Å². The van der Waals surface area contributed by atoms with Gasteiger partial charge in [0.1, 0.15) is 19.3 Å². The zero-order valence-corrected chi connectivity index (χ0v) is 22.4. The van der Waals surface area contributed by atoms with Crippen molar-refractivity contribution in [2.75, 3.05) is 18.6 Å². The highest BCUT2D eigenvalue weighted by Gasteiger charge is 2.30. The SMILES string of the molecule is CS(=O)(=O)OC(COC(=O)c1ccc([N+](=O)[O-])cc1)C(CSc1ccccc1)NC(=O)OCc1ccccc1. The zero-order valence-electron chi connectivity index (χ0n) is 20.8. The van der Waals surface area contributed by atoms with Crippen LogP contribution in [0.3, 0.4) is 0 Å². The van der Waals surface area contributed by atoms with Gasteiger partial charge in [0.2, 0.25) is 0 Å². The standard InChI is InChI=1S/C26H26N2O9S2/c1-39(33,34)37-24(17-35-25(29)20-12-14-21(15-13-20)28(31)32)23(18-38-22-10-6-3-7-11-22)27-26(30)36-16-19-8-4-2-5-9-19/h2-15,23-24H,16-18H2,1H3,(H,27,30). The molecule has 0 aromatic heterocycles. The van der Waals surface area contributed by atoms with E-state index in [0.29, 0.717) is 0 Å². The maximum absolute atomic E-state index is 12.6. The third-order valence-electron chi connectivity index (χ3n) is 5.13. The fraction of sp³-hybridized carbons (Fsp3) is 0.231. The second-order valence-electron chi connectivity index (χ2n) is 8.18. The first-order chi connectivity index (χ1) is 18.6. The van der Waals surface area contributed by atoms with E-state index < -0.39 is 45.9 Å². The van der Waals surface area contributed by atoms with Crippen LogP contribution in [0.2, 0.25) is 0 Å². The predicted octanol–water partition coefficient (Wildman–Crippen LogP) is 4.18. The summed E-state index contributed by atoms with van der Waals surface area (Å²) in [7, 11) is -4.04. The molecule has 0 bridgehead atoms. The number of amides is 1. The van der Waals surface area contributed by atoms with Gasteiger partial charge in [-0.1, -0.05) is 48.5 Å². The molecule has 1 N–H and O–H groups in total. The lowest BCUT2D eigenvalue weighted by Crippen LogP contribution is -2.49. The molecule has 0 aliphatic rings. The number of non-ortho nitro benzene ring substituents is 1. The minimum Gasteiger partial charge on any atom is -0.459 e. The van der Waals surface area contributed by atoms with Crippen molar-refractivity contribution >= 4 is 39.6 Å². The van der Waals surface area contributed by atoms with Gasteiger partial charge in [0.05, 0.1) is 22.8 Å². The third-order valence-corrected chi connectivity index (χ3v) is 6.86. The summed E-state index contributed by atoms with van der Waals surface area (Å²) in [5.41, 5.74) is 0.564. The van der Waals surface area contributed by atoms with Crippen LogP contribution in [-0.2, 0) is 30.4 Å². The van der Waals surface area contributed by atoms with Gasteiger partial charge in [0.15, 0.2) is 0 Å². The number of carbonyl (C=O) groups is 2. The highest BCUT2D eigenvalue weighted by Crippen LogP contribution is 2.21.